The average Bonchev–Trinajstić information content (AvgIpc) is 3.40. The molecule has 0 bridgehead atoms. The van der Waals surface area contributed by atoms with Gasteiger partial charge in [-0.3, -0.25) is 9.35 Å². The minimum atomic E-state index is -4.02. The van der Waals surface area contributed by atoms with Gasteiger partial charge in [0.1, 0.15) is 13.2 Å². The second-order valence-electron chi connectivity index (χ2n) is 13.0. The molecule has 12 nitrogen and oxygen atoms in total. The van der Waals surface area contributed by atoms with Crippen molar-refractivity contribution in [3.05, 3.63) is 89.5 Å². The van der Waals surface area contributed by atoms with Crippen LogP contribution < -0.4 is 10.6 Å². The number of esters is 1. The van der Waals surface area contributed by atoms with E-state index in [9.17, 15) is 18.0 Å². The average molecular weight is 952 g/mol. The van der Waals surface area contributed by atoms with E-state index in [-0.39, 0.29) is 49.3 Å². The third kappa shape index (κ3) is 17.3. The second-order valence-corrected chi connectivity index (χ2v) is 21.7. The summed E-state index contributed by atoms with van der Waals surface area (Å²) < 4.78 is 56.7. The molecule has 0 saturated carbocycles. The first-order valence-corrected chi connectivity index (χ1v) is 20.6. The summed E-state index contributed by atoms with van der Waals surface area (Å²) in [4.78, 5) is 24.9. The highest BCUT2D eigenvalue weighted by atomic mass is 80.0. The normalized spacial score (nSPS) is 13.3. The molecular formula is C37H47Br3N2O10S. The highest BCUT2D eigenvalue weighted by Gasteiger charge is 2.29. The highest BCUT2D eigenvalue weighted by molar-refractivity contribution is 9.39. The summed E-state index contributed by atoms with van der Waals surface area (Å²) in [5.41, 5.74) is 5.34. The molecule has 0 fully saturated rings. The number of alkyl halides is 3. The van der Waals surface area contributed by atoms with Crippen LogP contribution in [0.15, 0.2) is 77.7 Å². The van der Waals surface area contributed by atoms with Crippen molar-refractivity contribution in [1.82, 2.24) is 10.6 Å². The fraction of sp³-hybridized carbons (Fsp3) is 0.459. The number of alkyl carbamates (subject to hydrolysis) is 1. The van der Waals surface area contributed by atoms with E-state index in [0.29, 0.717) is 26.4 Å². The van der Waals surface area contributed by atoms with Crippen molar-refractivity contribution in [3.8, 4) is 11.1 Å². The van der Waals surface area contributed by atoms with E-state index in [2.05, 4.69) is 82.7 Å². The summed E-state index contributed by atoms with van der Waals surface area (Å²) in [5, 5.41) is 5.88. The number of hydrogen-bond donors (Lipinski definition) is 3. The first kappa shape index (κ1) is 45.0. The second kappa shape index (κ2) is 21.6. The Bertz CT molecular complexity index is 1670. The summed E-state index contributed by atoms with van der Waals surface area (Å²) in [6.07, 6.45) is -0.562. The molecule has 1 atom stereocenters. The topological polar surface area (TPSA) is 159 Å². The smallest absolute Gasteiger partial charge is 0.407 e. The Morgan fingerprint density at radius 2 is 1.40 bits per heavy atom. The van der Waals surface area contributed by atoms with Gasteiger partial charge in [-0.05, 0) is 62.1 Å². The van der Waals surface area contributed by atoms with E-state index in [4.69, 9.17) is 28.2 Å². The summed E-state index contributed by atoms with van der Waals surface area (Å²) in [5.74, 6) is -0.486. The van der Waals surface area contributed by atoms with Crippen LogP contribution in [-0.4, -0.2) is 98.2 Å². The predicted molar refractivity (Wildman–Crippen MR) is 214 cm³/mol. The van der Waals surface area contributed by atoms with Gasteiger partial charge in [0.2, 0.25) is 0 Å². The highest BCUT2D eigenvalue weighted by Crippen LogP contribution is 2.44. The molecule has 0 aliphatic heterocycles. The Labute approximate surface area is 337 Å². The summed E-state index contributed by atoms with van der Waals surface area (Å²) in [6.45, 7) is 10.2. The lowest BCUT2D eigenvalue weighted by Crippen LogP contribution is -2.46. The molecule has 0 radical (unpaired) electrons. The standard InChI is InChI=1S/C30H39Br3N2O7.C7H8O3S/c1-29(2,3)42-15-14-38-12-13-39-18-21(16-34-17-27(36)41-20-30(31,32)33)35-28(37)40-19-26-24-10-6-4-8-22(24)23-9-5-7-11-25(23)26;1-6-2-4-7(5-3-6)11(8,9)10/h4-11,21,26,34H,12-20H2,1-3H3,(H,35,37);2-5H,1H3,(H,8,9,10)/t21-;/m1./s1. The summed E-state index contributed by atoms with van der Waals surface area (Å²) in [7, 11) is -4.02. The molecule has 3 aromatic rings. The molecule has 0 saturated heterocycles. The number of aryl methyl sites for hydroxylation is 1. The maximum atomic E-state index is 12.9. The van der Waals surface area contributed by atoms with Crippen LogP contribution in [0.4, 0.5) is 4.79 Å². The maximum Gasteiger partial charge on any atom is 0.407 e. The van der Waals surface area contributed by atoms with Gasteiger partial charge in [0.25, 0.3) is 10.1 Å². The van der Waals surface area contributed by atoms with Gasteiger partial charge in [-0.25, -0.2) is 4.79 Å². The number of carbonyl (C=O) groups is 2. The van der Waals surface area contributed by atoms with Crippen LogP contribution in [0.1, 0.15) is 43.4 Å². The molecule has 1 amide bonds. The first-order valence-electron chi connectivity index (χ1n) is 16.8. The third-order valence-corrected chi connectivity index (χ3v) is 9.05. The Hall–Kier alpha value is -2.41. The zero-order valence-electron chi connectivity index (χ0n) is 30.1. The molecule has 53 heavy (non-hydrogen) atoms. The Morgan fingerprint density at radius 1 is 0.830 bits per heavy atom. The minimum Gasteiger partial charge on any atom is -0.461 e. The van der Waals surface area contributed by atoms with Crippen molar-refractivity contribution < 1.29 is 46.2 Å². The van der Waals surface area contributed by atoms with E-state index < -0.39 is 30.4 Å². The molecule has 3 aromatic carbocycles. The lowest BCUT2D eigenvalue weighted by molar-refractivity contribution is -0.142. The molecule has 0 aromatic heterocycles. The largest absolute Gasteiger partial charge is 0.461 e. The van der Waals surface area contributed by atoms with Crippen molar-refractivity contribution in [2.75, 3.05) is 59.3 Å². The fourth-order valence-corrected chi connectivity index (χ4v) is 5.91. The molecule has 292 valence electrons. The molecule has 3 N–H and O–H groups in total. The number of halogens is 3. The van der Waals surface area contributed by atoms with Crippen LogP contribution in [0, 0.1) is 6.92 Å². The summed E-state index contributed by atoms with van der Waals surface area (Å²) >= 11 is 9.86. The third-order valence-electron chi connectivity index (χ3n) is 7.50. The molecule has 0 spiro atoms. The van der Waals surface area contributed by atoms with Gasteiger partial charge in [0.05, 0.1) is 56.1 Å². The Balaban J connectivity index is 0.000000586. The number of amides is 1. The van der Waals surface area contributed by atoms with Crippen LogP contribution in [0.25, 0.3) is 11.1 Å². The zero-order valence-corrected chi connectivity index (χ0v) is 35.7. The summed E-state index contributed by atoms with van der Waals surface area (Å²) in [6, 6.07) is 21.9. The van der Waals surface area contributed by atoms with Gasteiger partial charge in [0.15, 0.2) is 2.14 Å². The molecule has 1 aliphatic rings. The number of nitrogens with one attached hydrogen (secondary N) is 2. The monoisotopic (exact) mass is 948 g/mol. The van der Waals surface area contributed by atoms with E-state index in [1.54, 1.807) is 12.1 Å². The molecule has 0 heterocycles. The molecular weight excluding hydrogens is 904 g/mol. The van der Waals surface area contributed by atoms with Crippen LogP contribution in [0.5, 0.6) is 0 Å². The fourth-order valence-electron chi connectivity index (χ4n) is 5.08. The minimum absolute atomic E-state index is 0.0389. The Kier molecular flexibility index (Phi) is 18.3. The van der Waals surface area contributed by atoms with Crippen LogP contribution in [-0.2, 0) is 38.6 Å². The van der Waals surface area contributed by atoms with Gasteiger partial charge in [-0.15, -0.1) is 0 Å². The van der Waals surface area contributed by atoms with Gasteiger partial charge in [-0.2, -0.15) is 8.42 Å². The van der Waals surface area contributed by atoms with Gasteiger partial charge >= 0.3 is 12.1 Å². The van der Waals surface area contributed by atoms with Crippen molar-refractivity contribution in [2.45, 2.75) is 52.3 Å². The van der Waals surface area contributed by atoms with Crippen LogP contribution in [0.3, 0.4) is 0 Å². The van der Waals surface area contributed by atoms with Crippen LogP contribution >= 0.6 is 47.8 Å². The number of rotatable bonds is 17. The van der Waals surface area contributed by atoms with Gasteiger partial charge in [-0.1, -0.05) is 114 Å². The number of hydrogen-bond acceptors (Lipinski definition) is 10. The number of benzene rings is 3. The van der Waals surface area contributed by atoms with Crippen molar-refractivity contribution >= 4 is 70.0 Å². The quantitative estimate of drug-likeness (QED) is 0.0557. The van der Waals surface area contributed by atoms with Gasteiger partial charge in [0, 0.05) is 12.5 Å². The maximum absolute atomic E-state index is 12.9. The molecule has 0 unspecified atom stereocenters. The molecule has 16 heteroatoms. The van der Waals surface area contributed by atoms with Crippen molar-refractivity contribution in [1.29, 1.82) is 0 Å². The van der Waals surface area contributed by atoms with Crippen molar-refractivity contribution in [2.24, 2.45) is 0 Å². The number of ether oxygens (including phenoxy) is 5. The van der Waals surface area contributed by atoms with Crippen molar-refractivity contribution in [3.63, 3.8) is 0 Å². The SMILES string of the molecule is CC(C)(C)OCCOCCOC[C@@H](CNCC(=O)OCC(Br)(Br)Br)NC(=O)OCC1c2ccccc2-c2ccccc21.Cc1ccc(S(=O)(=O)O)cc1. The first-order chi connectivity index (χ1) is 24.9. The van der Waals surface area contributed by atoms with E-state index >= 15 is 0 Å². The van der Waals surface area contributed by atoms with Gasteiger partial charge < -0.3 is 34.3 Å². The van der Waals surface area contributed by atoms with E-state index in [1.165, 1.54) is 12.1 Å². The van der Waals surface area contributed by atoms with E-state index in [0.717, 1.165) is 27.8 Å². The lowest BCUT2D eigenvalue weighted by atomic mass is 9.98. The van der Waals surface area contributed by atoms with Crippen LogP contribution in [0.2, 0.25) is 0 Å². The number of carbonyl (C=O) groups excluding carboxylic acids is 2. The molecule has 4 rings (SSSR count). The number of fused-ring (bicyclic) bond motifs is 3. The molecule has 1 aliphatic carbocycles. The Morgan fingerprint density at radius 3 is 1.96 bits per heavy atom. The lowest BCUT2D eigenvalue weighted by Gasteiger charge is -2.21. The predicted octanol–water partition coefficient (Wildman–Crippen LogP) is 6.96. The zero-order chi connectivity index (χ0) is 39.1. The van der Waals surface area contributed by atoms with E-state index in [1.807, 2.05) is 52.0 Å².